The van der Waals surface area contributed by atoms with E-state index in [1.165, 1.54) is 0 Å². The standard InChI is InChI=1S/C16H26N4O/c1-19(2)10-11-20(13-14-6-5-9-18-12-14)15(21)16(17)7-3-4-8-16/h5-6,9,12H,3-4,7-8,10-11,13,17H2,1-2H3. The Bertz CT molecular complexity index is 455. The van der Waals surface area contributed by atoms with E-state index in [-0.39, 0.29) is 5.91 Å². The van der Waals surface area contributed by atoms with Crippen molar-refractivity contribution in [3.05, 3.63) is 30.1 Å². The molecule has 1 aromatic rings. The Labute approximate surface area is 127 Å². The molecule has 1 amide bonds. The largest absolute Gasteiger partial charge is 0.335 e. The third-order valence-corrected chi connectivity index (χ3v) is 4.12. The van der Waals surface area contributed by atoms with Crippen molar-refractivity contribution >= 4 is 5.91 Å². The molecule has 1 fully saturated rings. The number of hydrogen-bond donors (Lipinski definition) is 1. The van der Waals surface area contributed by atoms with Crippen LogP contribution in [-0.2, 0) is 11.3 Å². The van der Waals surface area contributed by atoms with Crippen LogP contribution in [0.5, 0.6) is 0 Å². The minimum Gasteiger partial charge on any atom is -0.335 e. The second kappa shape index (κ2) is 7.00. The van der Waals surface area contributed by atoms with Gasteiger partial charge in [0.2, 0.25) is 5.91 Å². The molecular formula is C16H26N4O. The summed E-state index contributed by atoms with van der Waals surface area (Å²) in [7, 11) is 4.03. The number of aromatic nitrogens is 1. The first-order chi connectivity index (χ1) is 10.0. The number of nitrogens with zero attached hydrogens (tertiary/aromatic N) is 3. The third-order valence-electron chi connectivity index (χ3n) is 4.12. The van der Waals surface area contributed by atoms with Crippen LogP contribution in [0, 0.1) is 0 Å². The molecule has 21 heavy (non-hydrogen) atoms. The SMILES string of the molecule is CN(C)CCN(Cc1cccnc1)C(=O)C1(N)CCCC1. The maximum absolute atomic E-state index is 12.8. The highest BCUT2D eigenvalue weighted by atomic mass is 16.2. The van der Waals surface area contributed by atoms with Crippen LogP contribution >= 0.6 is 0 Å². The fourth-order valence-electron chi connectivity index (χ4n) is 2.82. The van der Waals surface area contributed by atoms with Gasteiger partial charge in [0.25, 0.3) is 0 Å². The summed E-state index contributed by atoms with van der Waals surface area (Å²) in [4.78, 5) is 20.9. The molecule has 0 saturated heterocycles. The Morgan fingerprint density at radius 3 is 2.62 bits per heavy atom. The smallest absolute Gasteiger partial charge is 0.242 e. The van der Waals surface area contributed by atoms with Crippen molar-refractivity contribution < 1.29 is 4.79 Å². The summed E-state index contributed by atoms with van der Waals surface area (Å²) in [5.74, 6) is 0.0886. The van der Waals surface area contributed by atoms with E-state index in [0.717, 1.165) is 37.8 Å². The lowest BCUT2D eigenvalue weighted by Crippen LogP contribution is -2.54. The Morgan fingerprint density at radius 2 is 2.05 bits per heavy atom. The van der Waals surface area contributed by atoms with Gasteiger partial charge < -0.3 is 15.5 Å². The highest BCUT2D eigenvalue weighted by Gasteiger charge is 2.39. The number of likely N-dealkylation sites (N-methyl/N-ethyl adjacent to an activating group) is 1. The lowest BCUT2D eigenvalue weighted by atomic mass is 9.97. The number of carbonyl (C=O) groups is 1. The normalized spacial score (nSPS) is 17.1. The minimum absolute atomic E-state index is 0.0886. The molecule has 0 unspecified atom stereocenters. The van der Waals surface area contributed by atoms with Crippen molar-refractivity contribution in [3.8, 4) is 0 Å². The van der Waals surface area contributed by atoms with Crippen LogP contribution < -0.4 is 5.73 Å². The number of carbonyl (C=O) groups excluding carboxylic acids is 1. The molecule has 0 aromatic carbocycles. The lowest BCUT2D eigenvalue weighted by molar-refractivity contribution is -0.137. The second-order valence-electron chi connectivity index (χ2n) is 6.25. The Hall–Kier alpha value is -1.46. The molecule has 1 heterocycles. The summed E-state index contributed by atoms with van der Waals surface area (Å²) in [5, 5.41) is 0. The highest BCUT2D eigenvalue weighted by Crippen LogP contribution is 2.29. The van der Waals surface area contributed by atoms with Crippen molar-refractivity contribution in [2.24, 2.45) is 5.73 Å². The van der Waals surface area contributed by atoms with Gasteiger partial charge in [0.15, 0.2) is 0 Å². The molecule has 0 radical (unpaired) electrons. The Kier molecular flexibility index (Phi) is 5.31. The first kappa shape index (κ1) is 15.9. The predicted octanol–water partition coefficient (Wildman–Crippen LogP) is 1.24. The van der Waals surface area contributed by atoms with Gasteiger partial charge in [-0.25, -0.2) is 0 Å². The molecule has 0 aliphatic heterocycles. The maximum Gasteiger partial charge on any atom is 0.242 e. The van der Waals surface area contributed by atoms with Crippen molar-refractivity contribution in [2.45, 2.75) is 37.8 Å². The lowest BCUT2D eigenvalue weighted by Gasteiger charge is -2.32. The van der Waals surface area contributed by atoms with Crippen LogP contribution in [0.3, 0.4) is 0 Å². The van der Waals surface area contributed by atoms with E-state index in [1.807, 2.05) is 37.3 Å². The van der Waals surface area contributed by atoms with Gasteiger partial charge >= 0.3 is 0 Å². The Balaban J connectivity index is 2.09. The van der Waals surface area contributed by atoms with Gasteiger partial charge in [0.05, 0.1) is 5.54 Å². The van der Waals surface area contributed by atoms with E-state index in [2.05, 4.69) is 9.88 Å². The molecule has 1 aromatic heterocycles. The fourth-order valence-corrected chi connectivity index (χ4v) is 2.82. The fraction of sp³-hybridized carbons (Fsp3) is 0.625. The number of nitrogens with two attached hydrogens (primary N) is 1. The van der Waals surface area contributed by atoms with Crippen molar-refractivity contribution in [1.29, 1.82) is 0 Å². The van der Waals surface area contributed by atoms with Gasteiger partial charge in [-0.1, -0.05) is 18.9 Å². The molecule has 1 saturated carbocycles. The summed E-state index contributed by atoms with van der Waals surface area (Å²) < 4.78 is 0. The average molecular weight is 290 g/mol. The van der Waals surface area contributed by atoms with E-state index in [9.17, 15) is 4.79 Å². The Morgan fingerprint density at radius 1 is 1.33 bits per heavy atom. The van der Waals surface area contributed by atoms with Gasteiger partial charge in [-0.2, -0.15) is 0 Å². The van der Waals surface area contributed by atoms with Gasteiger partial charge in [0.1, 0.15) is 0 Å². The average Bonchev–Trinajstić information content (AvgIpc) is 2.92. The molecule has 5 nitrogen and oxygen atoms in total. The molecule has 0 bridgehead atoms. The van der Waals surface area contributed by atoms with Crippen LogP contribution in [-0.4, -0.2) is 53.4 Å². The predicted molar refractivity (Wildman–Crippen MR) is 83.6 cm³/mol. The summed E-state index contributed by atoms with van der Waals surface area (Å²) in [6, 6.07) is 3.90. The summed E-state index contributed by atoms with van der Waals surface area (Å²) in [6.45, 7) is 2.11. The van der Waals surface area contributed by atoms with Gasteiger partial charge in [-0.15, -0.1) is 0 Å². The maximum atomic E-state index is 12.8. The number of rotatable bonds is 6. The van der Waals surface area contributed by atoms with E-state index in [0.29, 0.717) is 13.1 Å². The van der Waals surface area contributed by atoms with Crippen molar-refractivity contribution in [1.82, 2.24) is 14.8 Å². The third kappa shape index (κ3) is 4.25. The molecule has 1 aliphatic rings. The highest BCUT2D eigenvalue weighted by molar-refractivity contribution is 5.86. The summed E-state index contributed by atoms with van der Waals surface area (Å²) in [6.07, 6.45) is 7.27. The zero-order valence-electron chi connectivity index (χ0n) is 13.1. The van der Waals surface area contributed by atoms with E-state index < -0.39 is 5.54 Å². The van der Waals surface area contributed by atoms with Crippen LogP contribution in [0.1, 0.15) is 31.2 Å². The first-order valence-electron chi connectivity index (χ1n) is 7.63. The summed E-state index contributed by atoms with van der Waals surface area (Å²) >= 11 is 0. The van der Waals surface area contributed by atoms with Crippen LogP contribution in [0.15, 0.2) is 24.5 Å². The molecule has 2 N–H and O–H groups in total. The topological polar surface area (TPSA) is 62.5 Å². The number of hydrogen-bond acceptors (Lipinski definition) is 4. The zero-order chi connectivity index (χ0) is 15.3. The molecular weight excluding hydrogens is 264 g/mol. The molecule has 5 heteroatoms. The monoisotopic (exact) mass is 290 g/mol. The van der Waals surface area contributed by atoms with Crippen LogP contribution in [0.4, 0.5) is 0 Å². The number of pyridine rings is 1. The van der Waals surface area contributed by atoms with E-state index in [1.54, 1.807) is 6.20 Å². The molecule has 2 rings (SSSR count). The van der Waals surface area contributed by atoms with Gasteiger partial charge in [-0.3, -0.25) is 9.78 Å². The second-order valence-corrected chi connectivity index (χ2v) is 6.25. The molecule has 0 atom stereocenters. The minimum atomic E-state index is -0.658. The molecule has 1 aliphatic carbocycles. The molecule has 116 valence electrons. The number of amides is 1. The van der Waals surface area contributed by atoms with Crippen LogP contribution in [0.25, 0.3) is 0 Å². The van der Waals surface area contributed by atoms with Gasteiger partial charge in [0, 0.05) is 32.0 Å². The first-order valence-corrected chi connectivity index (χ1v) is 7.63. The van der Waals surface area contributed by atoms with E-state index in [4.69, 9.17) is 5.73 Å². The molecule has 0 spiro atoms. The van der Waals surface area contributed by atoms with Crippen LogP contribution in [0.2, 0.25) is 0 Å². The van der Waals surface area contributed by atoms with E-state index >= 15 is 0 Å². The quantitative estimate of drug-likeness (QED) is 0.856. The van der Waals surface area contributed by atoms with Crippen molar-refractivity contribution in [2.75, 3.05) is 27.2 Å². The summed E-state index contributed by atoms with van der Waals surface area (Å²) in [5.41, 5.74) is 6.73. The van der Waals surface area contributed by atoms with Crippen molar-refractivity contribution in [3.63, 3.8) is 0 Å². The zero-order valence-corrected chi connectivity index (χ0v) is 13.1. The van der Waals surface area contributed by atoms with Gasteiger partial charge in [-0.05, 0) is 38.6 Å².